The van der Waals surface area contributed by atoms with Crippen molar-refractivity contribution in [3.05, 3.63) is 29.8 Å². The van der Waals surface area contributed by atoms with E-state index in [0.717, 1.165) is 37.8 Å². The Morgan fingerprint density at radius 1 is 1.23 bits per heavy atom. The summed E-state index contributed by atoms with van der Waals surface area (Å²) in [6.07, 6.45) is 10.2. The van der Waals surface area contributed by atoms with Crippen molar-refractivity contribution in [1.29, 1.82) is 0 Å². The molecular weight excluding hydrogens is 282 g/mol. The molecule has 0 unspecified atom stereocenters. The van der Waals surface area contributed by atoms with Crippen LogP contribution in [-0.4, -0.2) is 38.4 Å². The number of H-pyrrole nitrogens is 2. The van der Waals surface area contributed by atoms with Gasteiger partial charge in [0.15, 0.2) is 5.75 Å². The van der Waals surface area contributed by atoms with Crippen molar-refractivity contribution in [2.24, 2.45) is 0 Å². The van der Waals surface area contributed by atoms with Crippen LogP contribution in [-0.2, 0) is 0 Å². The van der Waals surface area contributed by atoms with Crippen LogP contribution in [0.15, 0.2) is 18.6 Å². The Kier molecular flexibility index (Phi) is 3.32. The van der Waals surface area contributed by atoms with E-state index < -0.39 is 0 Å². The van der Waals surface area contributed by atoms with Gasteiger partial charge < -0.3 is 10.1 Å². The molecule has 1 amide bonds. The third-order valence-corrected chi connectivity index (χ3v) is 4.43. The lowest BCUT2D eigenvalue weighted by Crippen LogP contribution is -2.42. The molecule has 0 aromatic carbocycles. The minimum absolute atomic E-state index is 0.00201. The summed E-state index contributed by atoms with van der Waals surface area (Å²) >= 11 is 0. The van der Waals surface area contributed by atoms with Crippen LogP contribution in [0.1, 0.15) is 54.1 Å². The Balaban J connectivity index is 1.43. The molecule has 2 aromatic heterocycles. The molecule has 2 aliphatic carbocycles. The predicted octanol–water partition coefficient (Wildman–Crippen LogP) is 1.74. The maximum Gasteiger partial charge on any atom is 0.255 e. The Hall–Kier alpha value is -2.31. The number of carbonyl (C=O) groups excluding carboxylic acids is 1. The second-order valence-corrected chi connectivity index (χ2v) is 6.07. The van der Waals surface area contributed by atoms with E-state index in [-0.39, 0.29) is 18.1 Å². The fourth-order valence-electron chi connectivity index (χ4n) is 3.12. The second-order valence-electron chi connectivity index (χ2n) is 6.07. The first-order valence-electron chi connectivity index (χ1n) is 7.81. The first kappa shape index (κ1) is 13.4. The average molecular weight is 301 g/mol. The summed E-state index contributed by atoms with van der Waals surface area (Å²) in [4.78, 5) is 12.5. The molecule has 3 N–H and O–H groups in total. The Morgan fingerprint density at radius 2 is 2.14 bits per heavy atom. The molecule has 2 saturated carbocycles. The smallest absolute Gasteiger partial charge is 0.255 e. The summed E-state index contributed by atoms with van der Waals surface area (Å²) in [5.41, 5.74) is 1.65. The van der Waals surface area contributed by atoms with E-state index in [2.05, 4.69) is 25.7 Å². The molecule has 2 atom stereocenters. The first-order chi connectivity index (χ1) is 10.8. The highest BCUT2D eigenvalue weighted by atomic mass is 16.5. The van der Waals surface area contributed by atoms with Crippen molar-refractivity contribution in [1.82, 2.24) is 25.7 Å². The minimum atomic E-state index is -0.0525. The van der Waals surface area contributed by atoms with Crippen molar-refractivity contribution in [3.63, 3.8) is 0 Å². The predicted molar refractivity (Wildman–Crippen MR) is 78.7 cm³/mol. The Bertz CT molecular complexity index is 647. The van der Waals surface area contributed by atoms with Crippen LogP contribution in [0, 0.1) is 0 Å². The molecule has 2 aromatic rings. The number of rotatable bonds is 5. The maximum atomic E-state index is 12.5. The summed E-state index contributed by atoms with van der Waals surface area (Å²) in [6.45, 7) is 0. The van der Waals surface area contributed by atoms with Crippen LogP contribution >= 0.6 is 0 Å². The summed E-state index contributed by atoms with van der Waals surface area (Å²) in [6, 6.07) is 0.0318. The van der Waals surface area contributed by atoms with Gasteiger partial charge in [-0.2, -0.15) is 10.2 Å². The first-order valence-corrected chi connectivity index (χ1v) is 7.81. The van der Waals surface area contributed by atoms with Gasteiger partial charge in [-0.05, 0) is 32.1 Å². The number of hydrogen-bond acceptors (Lipinski definition) is 4. The number of nitrogens with one attached hydrogen (secondary N) is 3. The molecule has 0 spiro atoms. The quantitative estimate of drug-likeness (QED) is 0.784. The number of nitrogens with zero attached hydrogens (tertiary/aromatic N) is 2. The molecule has 7 heteroatoms. The third-order valence-electron chi connectivity index (χ3n) is 4.43. The van der Waals surface area contributed by atoms with Gasteiger partial charge in [-0.25, -0.2) is 0 Å². The lowest BCUT2D eigenvalue weighted by atomic mass is 10.1. The van der Waals surface area contributed by atoms with Crippen molar-refractivity contribution in [2.75, 3.05) is 0 Å². The van der Waals surface area contributed by atoms with Gasteiger partial charge in [-0.15, -0.1) is 0 Å². The fraction of sp³-hybridized carbons (Fsp3) is 0.533. The lowest BCUT2D eigenvalue weighted by Gasteiger charge is -2.21. The highest BCUT2D eigenvalue weighted by Gasteiger charge is 2.34. The van der Waals surface area contributed by atoms with Crippen LogP contribution in [0.4, 0.5) is 0 Å². The van der Waals surface area contributed by atoms with E-state index >= 15 is 0 Å². The number of aromatic nitrogens is 4. The van der Waals surface area contributed by atoms with Gasteiger partial charge in [-0.1, -0.05) is 0 Å². The fourth-order valence-corrected chi connectivity index (χ4v) is 3.12. The normalized spacial score (nSPS) is 24.4. The van der Waals surface area contributed by atoms with Crippen LogP contribution in [0.3, 0.4) is 0 Å². The molecule has 2 aliphatic rings. The maximum absolute atomic E-state index is 12.5. The van der Waals surface area contributed by atoms with Gasteiger partial charge in [0.25, 0.3) is 5.91 Å². The van der Waals surface area contributed by atoms with Crippen LogP contribution in [0.5, 0.6) is 5.75 Å². The highest BCUT2D eigenvalue weighted by molar-refractivity contribution is 5.95. The van der Waals surface area contributed by atoms with E-state index in [1.54, 1.807) is 18.6 Å². The number of carbonyl (C=O) groups is 1. The average Bonchev–Trinajstić information content (AvgIpc) is 2.97. The van der Waals surface area contributed by atoms with Gasteiger partial charge in [0, 0.05) is 5.92 Å². The third kappa shape index (κ3) is 2.58. The molecule has 0 radical (unpaired) electrons. The van der Waals surface area contributed by atoms with E-state index in [0.29, 0.717) is 17.2 Å². The monoisotopic (exact) mass is 301 g/mol. The summed E-state index contributed by atoms with van der Waals surface area (Å²) < 4.78 is 5.90. The van der Waals surface area contributed by atoms with Crippen molar-refractivity contribution in [3.8, 4) is 5.75 Å². The number of amides is 1. The topological polar surface area (TPSA) is 95.7 Å². The lowest BCUT2D eigenvalue weighted by molar-refractivity contribution is 0.0893. The largest absolute Gasteiger partial charge is 0.485 e. The van der Waals surface area contributed by atoms with Crippen molar-refractivity contribution >= 4 is 5.91 Å². The number of hydrogen-bond donors (Lipinski definition) is 3. The second kappa shape index (κ2) is 5.47. The van der Waals surface area contributed by atoms with Crippen molar-refractivity contribution < 1.29 is 9.53 Å². The van der Waals surface area contributed by atoms with Crippen LogP contribution in [0.25, 0.3) is 0 Å². The van der Waals surface area contributed by atoms with E-state index in [1.807, 2.05) is 0 Å². The van der Waals surface area contributed by atoms with Gasteiger partial charge >= 0.3 is 0 Å². The van der Waals surface area contributed by atoms with Gasteiger partial charge in [0.1, 0.15) is 6.10 Å². The van der Waals surface area contributed by atoms with E-state index in [1.165, 1.54) is 0 Å². The van der Waals surface area contributed by atoms with E-state index in [4.69, 9.17) is 4.74 Å². The molecule has 4 rings (SSSR count). The van der Waals surface area contributed by atoms with Gasteiger partial charge in [0.05, 0.1) is 35.9 Å². The molecule has 22 heavy (non-hydrogen) atoms. The SMILES string of the molecule is O=C(N[C@H]1CCC[C@H]1Oc1cn[nH]c1)c1cn[nH]c1C1CC1. The zero-order chi connectivity index (χ0) is 14.9. The molecular formula is C15H19N5O2. The molecule has 2 heterocycles. The van der Waals surface area contributed by atoms with Gasteiger partial charge in [-0.3, -0.25) is 15.0 Å². The zero-order valence-corrected chi connectivity index (χ0v) is 12.2. The Labute approximate surface area is 127 Å². The summed E-state index contributed by atoms with van der Waals surface area (Å²) in [7, 11) is 0. The van der Waals surface area contributed by atoms with Crippen molar-refractivity contribution in [2.45, 2.75) is 50.2 Å². The number of aromatic amines is 2. The summed E-state index contributed by atoms with van der Waals surface area (Å²) in [5.74, 6) is 1.14. The van der Waals surface area contributed by atoms with Crippen LogP contribution < -0.4 is 10.1 Å². The number of ether oxygens (including phenoxy) is 1. The molecule has 116 valence electrons. The standard InChI is InChI=1S/C15H19N5O2/c21-15(11-8-18-20-14(11)9-4-5-9)19-12-2-1-3-13(12)22-10-6-16-17-7-10/h6-9,12-13H,1-5H2,(H,16,17)(H,18,20)(H,19,21)/t12-,13+/m0/s1. The molecule has 0 aliphatic heterocycles. The zero-order valence-electron chi connectivity index (χ0n) is 12.2. The molecule has 0 saturated heterocycles. The molecule has 0 bridgehead atoms. The summed E-state index contributed by atoms with van der Waals surface area (Å²) in [5, 5.41) is 16.7. The van der Waals surface area contributed by atoms with Gasteiger partial charge in [0.2, 0.25) is 0 Å². The van der Waals surface area contributed by atoms with Crippen LogP contribution in [0.2, 0.25) is 0 Å². The highest BCUT2D eigenvalue weighted by Crippen LogP contribution is 2.40. The molecule has 2 fully saturated rings. The Morgan fingerprint density at radius 3 is 2.91 bits per heavy atom. The molecule has 7 nitrogen and oxygen atoms in total. The van der Waals surface area contributed by atoms with E-state index in [9.17, 15) is 4.79 Å². The minimum Gasteiger partial charge on any atom is -0.485 e.